The number of carboxylic acid groups (broad SMARTS) is 1. The molecule has 1 aliphatic heterocycles. The zero-order chi connectivity index (χ0) is 14.0. The molecule has 1 saturated heterocycles. The van der Waals surface area contributed by atoms with Gasteiger partial charge in [-0.05, 0) is 38.5 Å². The fourth-order valence-electron chi connectivity index (χ4n) is 2.67. The molecule has 0 radical (unpaired) electrons. The highest BCUT2D eigenvalue weighted by molar-refractivity contribution is 5.76. The predicted molar refractivity (Wildman–Crippen MR) is 68.7 cm³/mol. The normalized spacial score (nSPS) is 28.8. The molecule has 2 atom stereocenters. The third-order valence-electron chi connectivity index (χ3n) is 3.86. The molecule has 1 aliphatic carbocycles. The van der Waals surface area contributed by atoms with Crippen LogP contribution in [0.5, 0.6) is 0 Å². The van der Waals surface area contributed by atoms with Gasteiger partial charge in [0.2, 0.25) is 0 Å². The van der Waals surface area contributed by atoms with Crippen molar-refractivity contribution < 1.29 is 19.8 Å². The van der Waals surface area contributed by atoms with E-state index in [9.17, 15) is 14.7 Å². The van der Waals surface area contributed by atoms with Crippen LogP contribution in [0.4, 0.5) is 4.79 Å². The van der Waals surface area contributed by atoms with E-state index >= 15 is 0 Å². The highest BCUT2D eigenvalue weighted by Crippen LogP contribution is 2.34. The Kier molecular flexibility index (Phi) is 3.99. The monoisotopic (exact) mass is 270 g/mol. The second-order valence-electron chi connectivity index (χ2n) is 6.01. The minimum atomic E-state index is -0.886. The third kappa shape index (κ3) is 4.09. The lowest BCUT2D eigenvalue weighted by molar-refractivity contribution is -0.137. The largest absolute Gasteiger partial charge is 0.481 e. The molecule has 2 aliphatic rings. The summed E-state index contributed by atoms with van der Waals surface area (Å²) in [5.74, 6) is -0.590. The molecule has 6 nitrogen and oxygen atoms in total. The number of likely N-dealkylation sites (tertiary alicyclic amines) is 1. The average Bonchev–Trinajstić information content (AvgIpc) is 3.09. The number of nitrogens with one attached hydrogen (secondary N) is 1. The van der Waals surface area contributed by atoms with Crippen LogP contribution in [0.3, 0.4) is 0 Å². The van der Waals surface area contributed by atoms with Gasteiger partial charge >= 0.3 is 12.0 Å². The summed E-state index contributed by atoms with van der Waals surface area (Å²) in [4.78, 5) is 24.5. The molecule has 2 rings (SSSR count). The number of piperidine rings is 1. The van der Waals surface area contributed by atoms with Gasteiger partial charge in [-0.2, -0.15) is 0 Å². The van der Waals surface area contributed by atoms with Gasteiger partial charge in [-0.1, -0.05) is 0 Å². The first-order valence-electron chi connectivity index (χ1n) is 6.87. The Labute approximate surface area is 112 Å². The lowest BCUT2D eigenvalue weighted by Gasteiger charge is -2.37. The summed E-state index contributed by atoms with van der Waals surface area (Å²) in [7, 11) is 0. The van der Waals surface area contributed by atoms with E-state index in [-0.39, 0.29) is 18.5 Å². The van der Waals surface area contributed by atoms with Gasteiger partial charge in [-0.25, -0.2) is 4.79 Å². The van der Waals surface area contributed by atoms with Crippen LogP contribution in [0.25, 0.3) is 0 Å². The highest BCUT2D eigenvalue weighted by atomic mass is 16.4. The Hall–Kier alpha value is -1.30. The number of urea groups is 1. The number of hydrogen-bond donors (Lipinski definition) is 3. The lowest BCUT2D eigenvalue weighted by Crippen LogP contribution is -2.54. The number of rotatable bonds is 4. The van der Waals surface area contributed by atoms with Gasteiger partial charge in [0.25, 0.3) is 0 Å². The number of carboxylic acids is 1. The van der Waals surface area contributed by atoms with Crippen molar-refractivity contribution >= 4 is 12.0 Å². The number of hydrogen-bond acceptors (Lipinski definition) is 3. The summed E-state index contributed by atoms with van der Waals surface area (Å²) in [6, 6.07) is -0.532. The number of amides is 2. The van der Waals surface area contributed by atoms with E-state index in [0.717, 1.165) is 19.3 Å². The first-order chi connectivity index (χ1) is 8.87. The molecule has 1 saturated carbocycles. The molecule has 0 bridgehead atoms. The van der Waals surface area contributed by atoms with Crippen LogP contribution in [-0.4, -0.2) is 51.8 Å². The van der Waals surface area contributed by atoms with E-state index in [1.165, 1.54) is 0 Å². The summed E-state index contributed by atoms with van der Waals surface area (Å²) in [5.41, 5.74) is -0.836. The van der Waals surface area contributed by atoms with Crippen LogP contribution >= 0.6 is 0 Å². The molecule has 3 N–H and O–H groups in total. The van der Waals surface area contributed by atoms with Crippen LogP contribution in [0.2, 0.25) is 0 Å². The van der Waals surface area contributed by atoms with Crippen molar-refractivity contribution in [1.29, 1.82) is 0 Å². The molecule has 2 amide bonds. The number of β-amino-alcohol motifs (C(OH)–C–C–N with tert-alkyl or cyclic N) is 1. The minimum absolute atomic E-state index is 0.0271. The molecule has 2 fully saturated rings. The van der Waals surface area contributed by atoms with Crippen molar-refractivity contribution in [3.63, 3.8) is 0 Å². The fraction of sp³-hybridized carbons (Fsp3) is 0.846. The van der Waals surface area contributed by atoms with Gasteiger partial charge in [0.1, 0.15) is 0 Å². The Bertz CT molecular complexity index is 366. The van der Waals surface area contributed by atoms with Gasteiger partial charge in [-0.15, -0.1) is 0 Å². The standard InChI is InChI=1S/C13H22N2O4/c1-13(19)5-2-6-15(8-13)12(18)14-10(7-11(16)17)9-3-4-9/h9-10,19H,2-8H2,1H3,(H,14,18)(H,16,17). The quantitative estimate of drug-likeness (QED) is 0.704. The van der Waals surface area contributed by atoms with E-state index in [0.29, 0.717) is 25.4 Å². The maximum atomic E-state index is 12.1. The van der Waals surface area contributed by atoms with Crippen molar-refractivity contribution in [2.75, 3.05) is 13.1 Å². The van der Waals surface area contributed by atoms with Gasteiger partial charge in [0, 0.05) is 12.6 Å². The number of nitrogens with zero attached hydrogens (tertiary/aromatic N) is 1. The van der Waals surface area contributed by atoms with Crippen molar-refractivity contribution in [2.45, 2.75) is 50.7 Å². The van der Waals surface area contributed by atoms with E-state index < -0.39 is 11.6 Å². The lowest BCUT2D eigenvalue weighted by atomic mass is 9.95. The Balaban J connectivity index is 1.89. The number of aliphatic carboxylic acids is 1. The summed E-state index contributed by atoms with van der Waals surface area (Å²) in [6.07, 6.45) is 3.40. The molecule has 1 heterocycles. The summed E-state index contributed by atoms with van der Waals surface area (Å²) in [6.45, 7) is 2.65. The maximum Gasteiger partial charge on any atom is 0.317 e. The average molecular weight is 270 g/mol. The Morgan fingerprint density at radius 3 is 2.68 bits per heavy atom. The van der Waals surface area contributed by atoms with E-state index in [2.05, 4.69) is 5.32 Å². The molecular weight excluding hydrogens is 248 g/mol. The molecule has 0 aromatic rings. The first-order valence-corrected chi connectivity index (χ1v) is 6.87. The topological polar surface area (TPSA) is 89.9 Å². The van der Waals surface area contributed by atoms with Gasteiger partial charge in [-0.3, -0.25) is 4.79 Å². The Morgan fingerprint density at radius 1 is 1.47 bits per heavy atom. The predicted octanol–water partition coefficient (Wildman–Crippen LogP) is 0.796. The number of carbonyl (C=O) groups is 2. The highest BCUT2D eigenvalue weighted by Gasteiger charge is 2.36. The van der Waals surface area contributed by atoms with Crippen molar-refractivity contribution in [2.24, 2.45) is 5.92 Å². The SMILES string of the molecule is CC1(O)CCCN(C(=O)NC(CC(=O)O)C2CC2)C1. The number of aliphatic hydroxyl groups is 1. The molecular formula is C13H22N2O4. The van der Waals surface area contributed by atoms with Crippen LogP contribution in [0, 0.1) is 5.92 Å². The molecule has 2 unspecified atom stereocenters. The van der Waals surface area contributed by atoms with Crippen molar-refractivity contribution in [3.8, 4) is 0 Å². The van der Waals surface area contributed by atoms with E-state index in [1.54, 1.807) is 11.8 Å². The zero-order valence-electron chi connectivity index (χ0n) is 11.3. The second-order valence-corrected chi connectivity index (χ2v) is 6.01. The minimum Gasteiger partial charge on any atom is -0.481 e. The molecule has 108 valence electrons. The van der Waals surface area contributed by atoms with Crippen molar-refractivity contribution in [1.82, 2.24) is 10.2 Å². The zero-order valence-corrected chi connectivity index (χ0v) is 11.3. The first kappa shape index (κ1) is 14.1. The van der Waals surface area contributed by atoms with Crippen molar-refractivity contribution in [3.05, 3.63) is 0 Å². The molecule has 6 heteroatoms. The van der Waals surface area contributed by atoms with Crippen LogP contribution < -0.4 is 5.32 Å². The van der Waals surface area contributed by atoms with Crippen LogP contribution in [0.15, 0.2) is 0 Å². The molecule has 0 spiro atoms. The maximum absolute atomic E-state index is 12.1. The smallest absolute Gasteiger partial charge is 0.317 e. The summed E-state index contributed by atoms with van der Waals surface area (Å²) < 4.78 is 0. The molecule has 0 aromatic carbocycles. The second kappa shape index (κ2) is 5.36. The van der Waals surface area contributed by atoms with E-state index in [1.807, 2.05) is 0 Å². The summed E-state index contributed by atoms with van der Waals surface area (Å²) in [5, 5.41) is 21.7. The van der Waals surface area contributed by atoms with E-state index in [4.69, 9.17) is 5.11 Å². The molecule has 0 aromatic heterocycles. The van der Waals surface area contributed by atoms with Gasteiger partial charge in [0.15, 0.2) is 0 Å². The number of carbonyl (C=O) groups excluding carboxylic acids is 1. The fourth-order valence-corrected chi connectivity index (χ4v) is 2.67. The third-order valence-corrected chi connectivity index (χ3v) is 3.86. The molecule has 19 heavy (non-hydrogen) atoms. The summed E-state index contributed by atoms with van der Waals surface area (Å²) >= 11 is 0. The Morgan fingerprint density at radius 2 is 2.16 bits per heavy atom. The van der Waals surface area contributed by atoms with Gasteiger partial charge < -0.3 is 20.4 Å². The van der Waals surface area contributed by atoms with Crippen LogP contribution in [0.1, 0.15) is 39.0 Å². The van der Waals surface area contributed by atoms with Crippen LogP contribution in [-0.2, 0) is 4.79 Å². The van der Waals surface area contributed by atoms with Gasteiger partial charge in [0.05, 0.1) is 18.6 Å².